The summed E-state index contributed by atoms with van der Waals surface area (Å²) in [6, 6.07) is 0. The molecule has 1 atom stereocenters. The van der Waals surface area contributed by atoms with Gasteiger partial charge in [-0.15, -0.1) is 0 Å². The Bertz CT molecular complexity index is 329. The molecule has 84 valence electrons. The van der Waals surface area contributed by atoms with Gasteiger partial charge >= 0.3 is 0 Å². The molecule has 0 saturated heterocycles. The average molecular weight is 210 g/mol. The van der Waals surface area contributed by atoms with Crippen molar-refractivity contribution in [2.75, 3.05) is 0 Å². The van der Waals surface area contributed by atoms with Gasteiger partial charge in [-0.2, -0.15) is 5.10 Å². The second-order valence-corrected chi connectivity index (χ2v) is 4.55. The molecule has 0 amide bonds. The van der Waals surface area contributed by atoms with Crippen LogP contribution < -0.4 is 0 Å². The Kier molecular flexibility index (Phi) is 2.80. The molecule has 2 N–H and O–H groups in total. The van der Waals surface area contributed by atoms with Crippen molar-refractivity contribution in [1.29, 1.82) is 0 Å². The molecule has 4 nitrogen and oxygen atoms in total. The highest BCUT2D eigenvalue weighted by Gasteiger charge is 2.38. The molecule has 1 aliphatic rings. The second kappa shape index (κ2) is 3.94. The predicted octanol–water partition coefficient (Wildman–Crippen LogP) is 0.629. The first-order valence-electron chi connectivity index (χ1n) is 5.48. The first-order valence-corrected chi connectivity index (χ1v) is 5.48. The fourth-order valence-corrected chi connectivity index (χ4v) is 2.31. The largest absolute Gasteiger partial charge is 0.390 e. The van der Waals surface area contributed by atoms with Crippen LogP contribution in [-0.4, -0.2) is 31.7 Å². The van der Waals surface area contributed by atoms with E-state index in [9.17, 15) is 10.2 Å². The fourth-order valence-electron chi connectivity index (χ4n) is 2.31. The quantitative estimate of drug-likeness (QED) is 0.769. The number of hydrogen-bond donors (Lipinski definition) is 2. The molecule has 4 heteroatoms. The summed E-state index contributed by atoms with van der Waals surface area (Å²) in [6.45, 7) is 0. The van der Waals surface area contributed by atoms with Gasteiger partial charge in [0.15, 0.2) is 0 Å². The minimum Gasteiger partial charge on any atom is -0.390 e. The first-order chi connectivity index (χ1) is 7.10. The molecular weight excluding hydrogens is 192 g/mol. The monoisotopic (exact) mass is 210 g/mol. The molecule has 1 aromatic heterocycles. The van der Waals surface area contributed by atoms with Gasteiger partial charge in [-0.25, -0.2) is 0 Å². The maximum absolute atomic E-state index is 10.2. The molecule has 1 aliphatic carbocycles. The molecule has 0 spiro atoms. The van der Waals surface area contributed by atoms with E-state index in [-0.39, 0.29) is 0 Å². The third-order valence-corrected chi connectivity index (χ3v) is 3.28. The molecule has 0 aromatic carbocycles. The average Bonchev–Trinajstić information content (AvgIpc) is 2.76. The Hall–Kier alpha value is -0.870. The lowest BCUT2D eigenvalue weighted by molar-refractivity contribution is -0.0689. The summed E-state index contributed by atoms with van der Waals surface area (Å²) >= 11 is 0. The second-order valence-electron chi connectivity index (χ2n) is 4.55. The smallest absolute Gasteiger partial charge is 0.0908 e. The molecule has 1 heterocycles. The summed E-state index contributed by atoms with van der Waals surface area (Å²) in [5, 5.41) is 24.2. The van der Waals surface area contributed by atoms with Crippen LogP contribution in [0.4, 0.5) is 0 Å². The zero-order valence-corrected chi connectivity index (χ0v) is 9.06. The van der Waals surface area contributed by atoms with Gasteiger partial charge in [0.25, 0.3) is 0 Å². The van der Waals surface area contributed by atoms with E-state index in [4.69, 9.17) is 0 Å². The Morgan fingerprint density at radius 1 is 1.53 bits per heavy atom. The van der Waals surface area contributed by atoms with Gasteiger partial charge < -0.3 is 10.2 Å². The van der Waals surface area contributed by atoms with Crippen LogP contribution >= 0.6 is 0 Å². The predicted molar refractivity (Wildman–Crippen MR) is 56.3 cm³/mol. The zero-order valence-electron chi connectivity index (χ0n) is 9.06. The summed E-state index contributed by atoms with van der Waals surface area (Å²) in [7, 11) is 1.85. The van der Waals surface area contributed by atoms with E-state index in [1.54, 1.807) is 10.9 Å². The van der Waals surface area contributed by atoms with Crippen LogP contribution in [0.2, 0.25) is 0 Å². The highest BCUT2D eigenvalue weighted by atomic mass is 16.3. The minimum atomic E-state index is -0.865. The highest BCUT2D eigenvalue weighted by molar-refractivity contribution is 5.08. The third kappa shape index (κ3) is 2.21. The van der Waals surface area contributed by atoms with E-state index in [0.717, 1.165) is 18.4 Å². The number of aromatic nitrogens is 2. The van der Waals surface area contributed by atoms with Gasteiger partial charge in [-0.1, -0.05) is 12.8 Å². The molecule has 0 radical (unpaired) electrons. The van der Waals surface area contributed by atoms with Gasteiger partial charge in [0.05, 0.1) is 17.9 Å². The number of aliphatic hydroxyl groups is 2. The standard InChI is InChI=1S/C11H18N2O2/c1-13-8-9(7-12-13)6-10(14)11(15)4-2-3-5-11/h7-8,10,14-15H,2-6H2,1H3. The third-order valence-electron chi connectivity index (χ3n) is 3.28. The van der Waals surface area contributed by atoms with Crippen LogP contribution in [0.5, 0.6) is 0 Å². The van der Waals surface area contributed by atoms with Gasteiger partial charge in [0.1, 0.15) is 0 Å². The van der Waals surface area contributed by atoms with Crippen LogP contribution in [-0.2, 0) is 13.5 Å². The molecule has 1 unspecified atom stereocenters. The molecule has 1 saturated carbocycles. The van der Waals surface area contributed by atoms with Crippen molar-refractivity contribution in [1.82, 2.24) is 9.78 Å². The SMILES string of the molecule is Cn1cc(CC(O)C2(O)CCCC2)cn1. The van der Waals surface area contributed by atoms with Gasteiger partial charge in [0, 0.05) is 19.7 Å². The Labute approximate surface area is 89.5 Å². The van der Waals surface area contributed by atoms with E-state index in [0.29, 0.717) is 19.3 Å². The number of rotatable bonds is 3. The topological polar surface area (TPSA) is 58.3 Å². The number of aryl methyl sites for hydroxylation is 1. The minimum absolute atomic E-state index is 0.490. The van der Waals surface area contributed by atoms with Crippen LogP contribution in [0.3, 0.4) is 0 Å². The Morgan fingerprint density at radius 2 is 2.20 bits per heavy atom. The van der Waals surface area contributed by atoms with Crippen molar-refractivity contribution < 1.29 is 10.2 Å². The van der Waals surface area contributed by atoms with Crippen LogP contribution in [0.25, 0.3) is 0 Å². The summed E-state index contributed by atoms with van der Waals surface area (Å²) in [4.78, 5) is 0. The maximum Gasteiger partial charge on any atom is 0.0908 e. The molecular formula is C11H18N2O2. The van der Waals surface area contributed by atoms with Crippen LogP contribution in [0.15, 0.2) is 12.4 Å². The fraction of sp³-hybridized carbons (Fsp3) is 0.727. The van der Waals surface area contributed by atoms with Crippen molar-refractivity contribution in [3.63, 3.8) is 0 Å². The number of hydrogen-bond acceptors (Lipinski definition) is 3. The molecule has 2 rings (SSSR count). The summed E-state index contributed by atoms with van der Waals surface area (Å²) in [5.74, 6) is 0. The molecule has 0 bridgehead atoms. The van der Waals surface area contributed by atoms with Crippen molar-refractivity contribution in [2.24, 2.45) is 7.05 Å². The first kappa shape index (κ1) is 10.6. The zero-order chi connectivity index (χ0) is 10.9. The van der Waals surface area contributed by atoms with Crippen molar-refractivity contribution in [2.45, 2.75) is 43.8 Å². The molecule has 1 aromatic rings. The van der Waals surface area contributed by atoms with E-state index in [1.807, 2.05) is 13.2 Å². The lowest BCUT2D eigenvalue weighted by atomic mass is 9.91. The lowest BCUT2D eigenvalue weighted by Gasteiger charge is -2.28. The van der Waals surface area contributed by atoms with Gasteiger partial charge in [0.2, 0.25) is 0 Å². The normalized spacial score (nSPS) is 21.8. The molecule has 1 fully saturated rings. The van der Waals surface area contributed by atoms with Gasteiger partial charge in [-0.3, -0.25) is 4.68 Å². The van der Waals surface area contributed by atoms with Crippen molar-refractivity contribution in [3.8, 4) is 0 Å². The van der Waals surface area contributed by atoms with Crippen molar-refractivity contribution >= 4 is 0 Å². The van der Waals surface area contributed by atoms with E-state index in [2.05, 4.69) is 5.10 Å². The summed E-state index contributed by atoms with van der Waals surface area (Å²) < 4.78 is 1.71. The summed E-state index contributed by atoms with van der Waals surface area (Å²) in [5.41, 5.74) is 0.112. The Balaban J connectivity index is 1.99. The van der Waals surface area contributed by atoms with E-state index in [1.165, 1.54) is 0 Å². The number of aliphatic hydroxyl groups excluding tert-OH is 1. The van der Waals surface area contributed by atoms with E-state index < -0.39 is 11.7 Å². The highest BCUT2D eigenvalue weighted by Crippen LogP contribution is 2.33. The number of nitrogens with zero attached hydrogens (tertiary/aromatic N) is 2. The summed E-state index contributed by atoms with van der Waals surface area (Å²) in [6.07, 6.45) is 6.90. The molecule has 15 heavy (non-hydrogen) atoms. The van der Waals surface area contributed by atoms with Gasteiger partial charge in [-0.05, 0) is 18.4 Å². The maximum atomic E-state index is 10.2. The van der Waals surface area contributed by atoms with Crippen molar-refractivity contribution in [3.05, 3.63) is 18.0 Å². The lowest BCUT2D eigenvalue weighted by Crippen LogP contribution is -2.40. The van der Waals surface area contributed by atoms with Crippen LogP contribution in [0, 0.1) is 0 Å². The van der Waals surface area contributed by atoms with Crippen LogP contribution in [0.1, 0.15) is 31.2 Å². The molecule has 0 aliphatic heterocycles. The van der Waals surface area contributed by atoms with E-state index >= 15 is 0 Å². The Morgan fingerprint density at radius 3 is 2.73 bits per heavy atom.